The van der Waals surface area contributed by atoms with E-state index >= 15 is 0 Å². The maximum atomic E-state index is 13.9. The number of ether oxygens (including phenoxy) is 4. The van der Waals surface area contributed by atoms with E-state index in [9.17, 15) is 9.59 Å². The zero-order chi connectivity index (χ0) is 26.9. The molecule has 0 saturated heterocycles. The van der Waals surface area contributed by atoms with Gasteiger partial charge in [0.15, 0.2) is 4.80 Å². The highest BCUT2D eigenvalue weighted by molar-refractivity contribution is 9.11. The minimum atomic E-state index is -0.835. The Balaban J connectivity index is 2.04. The monoisotopic (exact) mass is 650 g/mol. The van der Waals surface area contributed by atoms with Crippen molar-refractivity contribution in [2.24, 2.45) is 4.99 Å². The van der Waals surface area contributed by atoms with Crippen LogP contribution in [0.2, 0.25) is 0 Å². The molecule has 0 unspecified atom stereocenters. The third-order valence-electron chi connectivity index (χ3n) is 5.78. The highest BCUT2D eigenvalue weighted by Gasteiger charge is 2.35. The number of carbonyl (C=O) groups excluding carboxylic acids is 1. The first kappa shape index (κ1) is 27.2. The highest BCUT2D eigenvalue weighted by Crippen LogP contribution is 2.38. The number of thiazole rings is 1. The summed E-state index contributed by atoms with van der Waals surface area (Å²) < 4.78 is 25.5. The Morgan fingerprint density at radius 3 is 2.54 bits per heavy atom. The van der Waals surface area contributed by atoms with Gasteiger partial charge < -0.3 is 18.9 Å². The van der Waals surface area contributed by atoms with Crippen molar-refractivity contribution >= 4 is 55.2 Å². The first-order chi connectivity index (χ1) is 17.7. The lowest BCUT2D eigenvalue weighted by molar-refractivity contribution is -0.139. The molecule has 0 fully saturated rings. The summed E-state index contributed by atoms with van der Waals surface area (Å²) in [5.41, 5.74) is 1.69. The van der Waals surface area contributed by atoms with E-state index in [1.165, 1.54) is 23.0 Å². The topological polar surface area (TPSA) is 88.4 Å². The third kappa shape index (κ3) is 5.12. The summed E-state index contributed by atoms with van der Waals surface area (Å²) >= 11 is 8.22. The first-order valence-electron chi connectivity index (χ1n) is 11.2. The average Bonchev–Trinajstić information content (AvgIpc) is 3.16. The number of halogens is 2. The van der Waals surface area contributed by atoms with Gasteiger partial charge in [-0.2, -0.15) is 0 Å². The van der Waals surface area contributed by atoms with Crippen molar-refractivity contribution in [2.75, 3.05) is 27.9 Å². The normalized spacial score (nSPS) is 15.2. The number of rotatable bonds is 7. The van der Waals surface area contributed by atoms with E-state index in [1.807, 2.05) is 12.1 Å². The van der Waals surface area contributed by atoms with Crippen molar-refractivity contribution in [1.82, 2.24) is 4.57 Å². The fourth-order valence-corrected chi connectivity index (χ4v) is 6.64. The lowest BCUT2D eigenvalue weighted by Crippen LogP contribution is -2.40. The number of benzene rings is 2. The quantitative estimate of drug-likeness (QED) is 0.353. The van der Waals surface area contributed by atoms with Crippen LogP contribution in [0.25, 0.3) is 6.08 Å². The average molecular weight is 652 g/mol. The summed E-state index contributed by atoms with van der Waals surface area (Å²) in [7, 11) is 4.65. The number of allylic oxidation sites excluding steroid dienone is 1. The molecule has 0 spiro atoms. The van der Waals surface area contributed by atoms with Crippen LogP contribution in [0, 0.1) is 0 Å². The zero-order valence-electron chi connectivity index (χ0n) is 20.8. The van der Waals surface area contributed by atoms with E-state index in [4.69, 9.17) is 18.9 Å². The van der Waals surface area contributed by atoms with E-state index in [0.717, 1.165) is 8.95 Å². The summed E-state index contributed by atoms with van der Waals surface area (Å²) in [6, 6.07) is 8.14. The van der Waals surface area contributed by atoms with Crippen LogP contribution in [0.5, 0.6) is 17.2 Å². The van der Waals surface area contributed by atoms with Gasteiger partial charge in [-0.25, -0.2) is 9.79 Å². The number of aromatic nitrogens is 1. The van der Waals surface area contributed by atoms with Gasteiger partial charge in [-0.05, 0) is 66.2 Å². The SMILES string of the molecule is CCOC(=O)C1=C(C)N=c2s/c(=C\c3cc(Br)cc(Br)c3OC)c(=O)n2[C@H]1c1cc(OC)ccc1OC. The number of methoxy groups -OCH3 is 3. The summed E-state index contributed by atoms with van der Waals surface area (Å²) in [5.74, 6) is 1.09. The smallest absolute Gasteiger partial charge is 0.338 e. The number of hydrogen-bond donors (Lipinski definition) is 0. The number of fused-ring (bicyclic) bond motifs is 1. The van der Waals surface area contributed by atoms with Crippen molar-refractivity contribution < 1.29 is 23.7 Å². The summed E-state index contributed by atoms with van der Waals surface area (Å²) in [4.78, 5) is 32.2. The molecule has 11 heteroatoms. The summed E-state index contributed by atoms with van der Waals surface area (Å²) in [5, 5.41) is 0. The van der Waals surface area contributed by atoms with Gasteiger partial charge in [-0.3, -0.25) is 9.36 Å². The molecule has 0 radical (unpaired) electrons. The molecule has 1 aliphatic heterocycles. The lowest BCUT2D eigenvalue weighted by Gasteiger charge is -2.26. The van der Waals surface area contributed by atoms with Crippen LogP contribution in [-0.2, 0) is 9.53 Å². The van der Waals surface area contributed by atoms with Gasteiger partial charge in [-0.1, -0.05) is 27.3 Å². The largest absolute Gasteiger partial charge is 0.497 e. The highest BCUT2D eigenvalue weighted by atomic mass is 79.9. The Kier molecular flexibility index (Phi) is 8.25. The Bertz CT molecular complexity index is 1590. The second-order valence-corrected chi connectivity index (χ2v) is 10.7. The summed E-state index contributed by atoms with van der Waals surface area (Å²) in [6.07, 6.45) is 1.75. The molecule has 0 bridgehead atoms. The Hall–Kier alpha value is -2.89. The minimum absolute atomic E-state index is 0.180. The van der Waals surface area contributed by atoms with Gasteiger partial charge in [-0.15, -0.1) is 0 Å². The Labute approximate surface area is 234 Å². The van der Waals surface area contributed by atoms with Crippen LogP contribution in [-0.4, -0.2) is 38.5 Å². The van der Waals surface area contributed by atoms with Crippen LogP contribution in [0.4, 0.5) is 0 Å². The fourth-order valence-electron chi connectivity index (χ4n) is 4.18. The van der Waals surface area contributed by atoms with Crippen LogP contribution in [0.1, 0.15) is 31.0 Å². The van der Waals surface area contributed by atoms with Gasteiger partial charge in [0.2, 0.25) is 0 Å². The number of esters is 1. The predicted octanol–water partition coefficient (Wildman–Crippen LogP) is 4.35. The van der Waals surface area contributed by atoms with E-state index in [2.05, 4.69) is 36.9 Å². The van der Waals surface area contributed by atoms with E-state index in [1.54, 1.807) is 52.3 Å². The molecule has 8 nitrogen and oxygen atoms in total. The predicted molar refractivity (Wildman–Crippen MR) is 148 cm³/mol. The van der Waals surface area contributed by atoms with E-state index in [0.29, 0.717) is 43.4 Å². The molecular formula is C26H24Br2N2O6S. The van der Waals surface area contributed by atoms with Crippen LogP contribution in [0.3, 0.4) is 0 Å². The number of hydrogen-bond acceptors (Lipinski definition) is 8. The number of nitrogens with zero attached hydrogens (tertiary/aromatic N) is 2. The Morgan fingerprint density at radius 1 is 1.14 bits per heavy atom. The van der Waals surface area contributed by atoms with Gasteiger partial charge >= 0.3 is 5.97 Å². The van der Waals surface area contributed by atoms with Crippen molar-refractivity contribution in [3.63, 3.8) is 0 Å². The third-order valence-corrected chi connectivity index (χ3v) is 7.81. The number of carbonyl (C=O) groups is 1. The van der Waals surface area contributed by atoms with Crippen LogP contribution in [0.15, 0.2) is 60.3 Å². The maximum absolute atomic E-state index is 13.9. The molecule has 0 aliphatic carbocycles. The van der Waals surface area contributed by atoms with Gasteiger partial charge in [0, 0.05) is 15.6 Å². The molecule has 0 saturated carbocycles. The summed E-state index contributed by atoms with van der Waals surface area (Å²) in [6.45, 7) is 3.64. The molecule has 1 aliphatic rings. The van der Waals surface area contributed by atoms with Crippen molar-refractivity contribution in [1.29, 1.82) is 0 Å². The van der Waals surface area contributed by atoms with Crippen LogP contribution >= 0.6 is 43.2 Å². The molecule has 0 N–H and O–H groups in total. The van der Waals surface area contributed by atoms with Crippen molar-refractivity contribution in [3.05, 3.63) is 81.4 Å². The molecule has 1 aromatic heterocycles. The first-order valence-corrected chi connectivity index (χ1v) is 13.6. The molecule has 3 aromatic rings. The van der Waals surface area contributed by atoms with Crippen molar-refractivity contribution in [3.8, 4) is 17.2 Å². The van der Waals surface area contributed by atoms with Gasteiger partial charge in [0.25, 0.3) is 5.56 Å². The molecular weight excluding hydrogens is 628 g/mol. The van der Waals surface area contributed by atoms with Gasteiger partial charge in [0.05, 0.1) is 48.2 Å². The molecule has 1 atom stereocenters. The molecule has 37 heavy (non-hydrogen) atoms. The molecule has 2 aromatic carbocycles. The van der Waals surface area contributed by atoms with Gasteiger partial charge in [0.1, 0.15) is 23.3 Å². The molecule has 194 valence electrons. The van der Waals surface area contributed by atoms with Crippen molar-refractivity contribution in [2.45, 2.75) is 19.9 Å². The maximum Gasteiger partial charge on any atom is 0.338 e. The molecule has 4 rings (SSSR count). The lowest BCUT2D eigenvalue weighted by atomic mass is 9.94. The van der Waals surface area contributed by atoms with E-state index < -0.39 is 12.0 Å². The molecule has 2 heterocycles. The Morgan fingerprint density at radius 2 is 1.89 bits per heavy atom. The minimum Gasteiger partial charge on any atom is -0.497 e. The second kappa shape index (κ2) is 11.2. The zero-order valence-corrected chi connectivity index (χ0v) is 24.7. The standard InChI is InChI=1S/C26H24Br2N2O6S/c1-6-36-25(32)21-13(2)29-26-30(22(21)17-12-16(33-3)7-8-19(17)34-4)24(31)20(37-26)10-14-9-15(27)11-18(28)23(14)35-5/h7-12,22H,6H2,1-5H3/b20-10-/t22-/m0/s1. The van der Waals surface area contributed by atoms with Crippen LogP contribution < -0.4 is 29.1 Å². The van der Waals surface area contributed by atoms with E-state index in [-0.39, 0.29) is 17.7 Å². The fraction of sp³-hybridized carbons (Fsp3) is 0.269. The molecule has 0 amide bonds. The second-order valence-electron chi connectivity index (χ2n) is 7.92.